The van der Waals surface area contributed by atoms with Crippen LogP contribution in [0.4, 0.5) is 0 Å². The molecule has 176 valence electrons. The summed E-state index contributed by atoms with van der Waals surface area (Å²) in [6.45, 7) is 6.32. The van der Waals surface area contributed by atoms with Gasteiger partial charge in [0, 0.05) is 5.56 Å². The van der Waals surface area contributed by atoms with Gasteiger partial charge in [-0.15, -0.1) is 0 Å². The molecule has 0 aliphatic rings. The van der Waals surface area contributed by atoms with Gasteiger partial charge in [-0.3, -0.25) is 0 Å². The van der Waals surface area contributed by atoms with Gasteiger partial charge in [-0.25, -0.2) is 14.4 Å². The van der Waals surface area contributed by atoms with Crippen LogP contribution in [0, 0.1) is 5.92 Å². The molecule has 0 aliphatic carbocycles. The summed E-state index contributed by atoms with van der Waals surface area (Å²) in [7, 11) is 0. The second kappa shape index (κ2) is 11.9. The molecular formula is C29H30O5. The standard InChI is InChI=1S/C29H30O5/c1-4-8-21-11-15-24(16-12-21)27(30)33-26(23-9-6-5-7-10-23)29(32)34-28(31)25-17-13-22(14-18-25)19-20(2)3/h5-7,9-18,20,26H,4,8,19H2,1-3H3. The minimum atomic E-state index is -1.37. The Labute approximate surface area is 200 Å². The van der Waals surface area contributed by atoms with E-state index in [9.17, 15) is 14.4 Å². The molecule has 1 unspecified atom stereocenters. The number of ether oxygens (including phenoxy) is 2. The van der Waals surface area contributed by atoms with Gasteiger partial charge in [-0.1, -0.05) is 81.8 Å². The molecular weight excluding hydrogens is 428 g/mol. The van der Waals surface area contributed by atoms with Crippen LogP contribution in [0.2, 0.25) is 0 Å². The van der Waals surface area contributed by atoms with Gasteiger partial charge in [0.15, 0.2) is 0 Å². The average Bonchev–Trinajstić information content (AvgIpc) is 2.83. The zero-order valence-corrected chi connectivity index (χ0v) is 19.8. The summed E-state index contributed by atoms with van der Waals surface area (Å²) in [5.41, 5.74) is 3.21. The van der Waals surface area contributed by atoms with E-state index < -0.39 is 24.0 Å². The predicted octanol–water partition coefficient (Wildman–Crippen LogP) is 6.12. The molecule has 1 atom stereocenters. The van der Waals surface area contributed by atoms with Crippen molar-refractivity contribution in [1.29, 1.82) is 0 Å². The summed E-state index contributed by atoms with van der Waals surface area (Å²) in [6.07, 6.45) is 1.43. The van der Waals surface area contributed by atoms with Crippen LogP contribution in [0.5, 0.6) is 0 Å². The number of carbonyl (C=O) groups excluding carboxylic acids is 3. The molecule has 3 aromatic carbocycles. The molecule has 0 N–H and O–H groups in total. The van der Waals surface area contributed by atoms with Crippen LogP contribution in [0.1, 0.15) is 70.7 Å². The summed E-state index contributed by atoms with van der Waals surface area (Å²) in [4.78, 5) is 38.3. The maximum Gasteiger partial charge on any atom is 0.360 e. The number of rotatable bonds is 9. The number of aryl methyl sites for hydroxylation is 1. The maximum absolute atomic E-state index is 12.9. The van der Waals surface area contributed by atoms with Gasteiger partial charge >= 0.3 is 17.9 Å². The zero-order chi connectivity index (χ0) is 24.5. The molecule has 0 saturated carbocycles. The molecule has 0 spiro atoms. The van der Waals surface area contributed by atoms with E-state index in [1.807, 2.05) is 24.3 Å². The molecule has 0 radical (unpaired) electrons. The van der Waals surface area contributed by atoms with Crippen molar-refractivity contribution in [3.8, 4) is 0 Å². The minimum Gasteiger partial charge on any atom is -0.442 e. The molecule has 5 heteroatoms. The Balaban J connectivity index is 1.74. The van der Waals surface area contributed by atoms with Crippen LogP contribution >= 0.6 is 0 Å². The first-order chi connectivity index (χ1) is 16.4. The van der Waals surface area contributed by atoms with Crippen molar-refractivity contribution in [2.24, 2.45) is 5.92 Å². The predicted molar refractivity (Wildman–Crippen MR) is 130 cm³/mol. The lowest BCUT2D eigenvalue weighted by atomic mass is 10.0. The Morgan fingerprint density at radius 2 is 1.29 bits per heavy atom. The van der Waals surface area contributed by atoms with Crippen molar-refractivity contribution in [2.45, 2.75) is 46.1 Å². The van der Waals surface area contributed by atoms with E-state index >= 15 is 0 Å². The monoisotopic (exact) mass is 458 g/mol. The van der Waals surface area contributed by atoms with Gasteiger partial charge in [0.05, 0.1) is 11.1 Å². The van der Waals surface area contributed by atoms with E-state index in [0.29, 0.717) is 17.0 Å². The van der Waals surface area contributed by atoms with Crippen LogP contribution in [-0.2, 0) is 27.1 Å². The van der Waals surface area contributed by atoms with E-state index in [1.165, 1.54) is 0 Å². The molecule has 34 heavy (non-hydrogen) atoms. The second-order valence-corrected chi connectivity index (χ2v) is 8.65. The van der Waals surface area contributed by atoms with Crippen molar-refractivity contribution in [3.05, 3.63) is 107 Å². The van der Waals surface area contributed by atoms with Gasteiger partial charge in [-0.2, -0.15) is 0 Å². The lowest BCUT2D eigenvalue weighted by Crippen LogP contribution is -2.24. The summed E-state index contributed by atoms with van der Waals surface area (Å²) < 4.78 is 10.6. The van der Waals surface area contributed by atoms with Gasteiger partial charge in [0.25, 0.3) is 0 Å². The molecule has 0 saturated heterocycles. The molecule has 3 aromatic rings. The summed E-state index contributed by atoms with van der Waals surface area (Å²) in [6, 6.07) is 22.5. The van der Waals surface area contributed by atoms with Gasteiger partial charge in [-0.05, 0) is 54.2 Å². The fraction of sp³-hybridized carbons (Fsp3) is 0.276. The van der Waals surface area contributed by atoms with Crippen molar-refractivity contribution in [2.75, 3.05) is 0 Å². The fourth-order valence-corrected chi connectivity index (χ4v) is 3.60. The highest BCUT2D eigenvalue weighted by Crippen LogP contribution is 2.22. The number of esters is 3. The molecule has 0 aromatic heterocycles. The van der Waals surface area contributed by atoms with Crippen molar-refractivity contribution >= 4 is 17.9 Å². The normalized spacial score (nSPS) is 11.6. The van der Waals surface area contributed by atoms with Crippen LogP contribution in [0.15, 0.2) is 78.9 Å². The fourth-order valence-electron chi connectivity index (χ4n) is 3.60. The van der Waals surface area contributed by atoms with Crippen LogP contribution in [0.3, 0.4) is 0 Å². The SMILES string of the molecule is CCCc1ccc(C(=O)OC(C(=O)OC(=O)c2ccc(CC(C)C)cc2)c2ccccc2)cc1. The van der Waals surface area contributed by atoms with E-state index in [-0.39, 0.29) is 5.56 Å². The Bertz CT molecular complexity index is 1100. The van der Waals surface area contributed by atoms with E-state index in [1.54, 1.807) is 54.6 Å². The lowest BCUT2D eigenvalue weighted by molar-refractivity contribution is -0.148. The number of hydrogen-bond donors (Lipinski definition) is 0. The highest BCUT2D eigenvalue weighted by atomic mass is 16.6. The summed E-state index contributed by atoms with van der Waals surface area (Å²) in [5, 5.41) is 0. The molecule has 0 bridgehead atoms. The van der Waals surface area contributed by atoms with Gasteiger partial charge < -0.3 is 9.47 Å². The van der Waals surface area contributed by atoms with Crippen molar-refractivity contribution in [3.63, 3.8) is 0 Å². The van der Waals surface area contributed by atoms with Crippen LogP contribution in [-0.4, -0.2) is 17.9 Å². The van der Waals surface area contributed by atoms with Crippen molar-refractivity contribution in [1.82, 2.24) is 0 Å². The topological polar surface area (TPSA) is 69.7 Å². The molecule has 0 amide bonds. The zero-order valence-electron chi connectivity index (χ0n) is 19.8. The number of hydrogen-bond acceptors (Lipinski definition) is 5. The third-order valence-corrected chi connectivity index (χ3v) is 5.30. The highest BCUT2D eigenvalue weighted by molar-refractivity contribution is 5.99. The van der Waals surface area contributed by atoms with Gasteiger partial charge in [0.2, 0.25) is 6.10 Å². The third-order valence-electron chi connectivity index (χ3n) is 5.30. The Hall–Kier alpha value is -3.73. The Morgan fingerprint density at radius 1 is 0.735 bits per heavy atom. The number of benzene rings is 3. The maximum atomic E-state index is 12.9. The van der Waals surface area contributed by atoms with E-state index in [0.717, 1.165) is 30.4 Å². The molecule has 5 nitrogen and oxygen atoms in total. The largest absolute Gasteiger partial charge is 0.442 e. The quantitative estimate of drug-likeness (QED) is 0.285. The van der Waals surface area contributed by atoms with E-state index in [2.05, 4.69) is 20.8 Å². The average molecular weight is 459 g/mol. The third kappa shape index (κ3) is 6.88. The van der Waals surface area contributed by atoms with Crippen molar-refractivity contribution < 1.29 is 23.9 Å². The Kier molecular flexibility index (Phi) is 8.74. The van der Waals surface area contributed by atoms with Crippen LogP contribution < -0.4 is 0 Å². The smallest absolute Gasteiger partial charge is 0.360 e. The lowest BCUT2D eigenvalue weighted by Gasteiger charge is -2.17. The molecule has 0 aliphatic heterocycles. The first-order valence-corrected chi connectivity index (χ1v) is 11.6. The molecule has 0 fully saturated rings. The first kappa shape index (κ1) is 24.9. The highest BCUT2D eigenvalue weighted by Gasteiger charge is 2.29. The van der Waals surface area contributed by atoms with Crippen LogP contribution in [0.25, 0.3) is 0 Å². The summed E-state index contributed by atoms with van der Waals surface area (Å²) >= 11 is 0. The first-order valence-electron chi connectivity index (χ1n) is 11.6. The minimum absolute atomic E-state index is 0.255. The molecule has 0 heterocycles. The summed E-state index contributed by atoms with van der Waals surface area (Å²) in [5.74, 6) is -1.91. The second-order valence-electron chi connectivity index (χ2n) is 8.65. The number of carbonyl (C=O) groups is 3. The molecule has 3 rings (SSSR count). The Morgan fingerprint density at radius 3 is 1.85 bits per heavy atom. The van der Waals surface area contributed by atoms with E-state index in [4.69, 9.17) is 9.47 Å². The van der Waals surface area contributed by atoms with Gasteiger partial charge in [0.1, 0.15) is 0 Å².